The number of carbonyl (C=O) groups excluding carboxylic acids is 2. The van der Waals surface area contributed by atoms with Crippen LogP contribution in [-0.4, -0.2) is 35.4 Å². The number of hydrogen-bond acceptors (Lipinski definition) is 3. The second-order valence-corrected chi connectivity index (χ2v) is 9.42. The molecule has 0 aliphatic rings. The van der Waals surface area contributed by atoms with Gasteiger partial charge in [-0.05, 0) is 68.1 Å². The summed E-state index contributed by atoms with van der Waals surface area (Å²) in [6.45, 7) is 7.83. The van der Waals surface area contributed by atoms with Gasteiger partial charge in [0.2, 0.25) is 5.91 Å². The van der Waals surface area contributed by atoms with E-state index in [0.717, 1.165) is 22.3 Å². The summed E-state index contributed by atoms with van der Waals surface area (Å²) in [5.74, 6) is 0.108. The van der Waals surface area contributed by atoms with Gasteiger partial charge in [-0.15, -0.1) is 0 Å². The van der Waals surface area contributed by atoms with Crippen molar-refractivity contribution in [3.05, 3.63) is 100 Å². The summed E-state index contributed by atoms with van der Waals surface area (Å²) in [6.07, 6.45) is 0.400. The summed E-state index contributed by atoms with van der Waals surface area (Å²) in [4.78, 5) is 28.6. The van der Waals surface area contributed by atoms with Gasteiger partial charge in [0.15, 0.2) is 6.61 Å². The summed E-state index contributed by atoms with van der Waals surface area (Å²) in [7, 11) is 0. The molecule has 3 rings (SSSR count). The third-order valence-electron chi connectivity index (χ3n) is 5.80. The fourth-order valence-electron chi connectivity index (χ4n) is 3.84. The zero-order valence-corrected chi connectivity index (χ0v) is 21.5. The van der Waals surface area contributed by atoms with Crippen LogP contribution in [-0.2, 0) is 22.6 Å². The fraction of sp³-hybridized carbons (Fsp3) is 0.310. The van der Waals surface area contributed by atoms with Crippen molar-refractivity contribution < 1.29 is 14.3 Å². The lowest BCUT2D eigenvalue weighted by Crippen LogP contribution is -2.52. The molecule has 0 bridgehead atoms. The van der Waals surface area contributed by atoms with Gasteiger partial charge in [-0.2, -0.15) is 0 Å². The van der Waals surface area contributed by atoms with E-state index in [-0.39, 0.29) is 24.5 Å². The topological polar surface area (TPSA) is 58.6 Å². The minimum Gasteiger partial charge on any atom is -0.484 e. The fourth-order valence-corrected chi connectivity index (χ4v) is 3.96. The SMILES string of the molecule is Cc1cc(OCC(=O)N(Cc2ccccc2C)[C@H](Cc2ccccc2)C(=O)NC(C)C)ccc1Cl. The largest absolute Gasteiger partial charge is 0.484 e. The van der Waals surface area contributed by atoms with Gasteiger partial charge in [-0.25, -0.2) is 0 Å². The van der Waals surface area contributed by atoms with Crippen molar-refractivity contribution in [3.63, 3.8) is 0 Å². The maximum absolute atomic E-state index is 13.6. The van der Waals surface area contributed by atoms with Gasteiger partial charge in [0.25, 0.3) is 5.91 Å². The monoisotopic (exact) mass is 492 g/mol. The Morgan fingerprint density at radius 1 is 0.943 bits per heavy atom. The molecule has 0 saturated carbocycles. The highest BCUT2D eigenvalue weighted by Crippen LogP contribution is 2.22. The van der Waals surface area contributed by atoms with E-state index in [2.05, 4.69) is 5.32 Å². The number of carbonyl (C=O) groups is 2. The van der Waals surface area contributed by atoms with Gasteiger partial charge >= 0.3 is 0 Å². The average molecular weight is 493 g/mol. The Balaban J connectivity index is 1.92. The Hall–Kier alpha value is -3.31. The molecule has 6 heteroatoms. The van der Waals surface area contributed by atoms with Gasteiger partial charge in [0.05, 0.1) is 0 Å². The first-order chi connectivity index (χ1) is 16.7. The molecule has 0 unspecified atom stereocenters. The Kier molecular flexibility index (Phi) is 9.32. The Morgan fingerprint density at radius 3 is 2.29 bits per heavy atom. The van der Waals surface area contributed by atoms with E-state index in [0.29, 0.717) is 23.7 Å². The molecule has 0 saturated heterocycles. The molecule has 5 nitrogen and oxygen atoms in total. The van der Waals surface area contributed by atoms with Gasteiger partial charge in [0.1, 0.15) is 11.8 Å². The lowest BCUT2D eigenvalue weighted by Gasteiger charge is -2.32. The molecule has 35 heavy (non-hydrogen) atoms. The van der Waals surface area contributed by atoms with Crippen molar-refractivity contribution >= 4 is 23.4 Å². The molecule has 2 amide bonds. The van der Waals surface area contributed by atoms with Crippen LogP contribution in [0.5, 0.6) is 5.75 Å². The van der Waals surface area contributed by atoms with E-state index >= 15 is 0 Å². The molecule has 1 N–H and O–H groups in total. The first-order valence-electron chi connectivity index (χ1n) is 11.8. The smallest absolute Gasteiger partial charge is 0.261 e. The molecule has 3 aromatic carbocycles. The zero-order valence-electron chi connectivity index (χ0n) is 20.8. The van der Waals surface area contributed by atoms with Crippen molar-refractivity contribution in [1.29, 1.82) is 0 Å². The van der Waals surface area contributed by atoms with E-state index in [9.17, 15) is 9.59 Å². The van der Waals surface area contributed by atoms with Gasteiger partial charge in [-0.3, -0.25) is 9.59 Å². The van der Waals surface area contributed by atoms with Gasteiger partial charge in [-0.1, -0.05) is 66.2 Å². The summed E-state index contributed by atoms with van der Waals surface area (Å²) in [5, 5.41) is 3.64. The quantitative estimate of drug-likeness (QED) is 0.406. The molecule has 0 spiro atoms. The first kappa shape index (κ1) is 26.3. The van der Waals surface area contributed by atoms with Crippen LogP contribution in [0.1, 0.15) is 36.1 Å². The molecule has 0 heterocycles. The number of nitrogens with one attached hydrogen (secondary N) is 1. The van der Waals surface area contributed by atoms with Gasteiger partial charge in [0, 0.05) is 24.0 Å². The zero-order chi connectivity index (χ0) is 25.4. The van der Waals surface area contributed by atoms with Crippen LogP contribution in [0.4, 0.5) is 0 Å². The van der Waals surface area contributed by atoms with Crippen LogP contribution in [0.3, 0.4) is 0 Å². The molecular formula is C29H33ClN2O3. The molecule has 0 aliphatic heterocycles. The lowest BCUT2D eigenvalue weighted by molar-refractivity contribution is -0.143. The highest BCUT2D eigenvalue weighted by molar-refractivity contribution is 6.31. The van der Waals surface area contributed by atoms with Gasteiger partial charge < -0.3 is 15.0 Å². The minimum absolute atomic E-state index is 0.0514. The Morgan fingerprint density at radius 2 is 1.63 bits per heavy atom. The predicted octanol–water partition coefficient (Wildman–Crippen LogP) is 5.50. The third-order valence-corrected chi connectivity index (χ3v) is 6.22. The normalized spacial score (nSPS) is 11.7. The Labute approximate surface area is 213 Å². The molecule has 0 aliphatic carbocycles. The maximum atomic E-state index is 13.6. The average Bonchev–Trinajstić information content (AvgIpc) is 2.83. The van der Waals surface area contributed by atoms with E-state index in [4.69, 9.17) is 16.3 Å². The molecule has 184 valence electrons. The summed E-state index contributed by atoms with van der Waals surface area (Å²) in [5.41, 5.74) is 3.89. The third kappa shape index (κ3) is 7.59. The number of aryl methyl sites for hydroxylation is 2. The maximum Gasteiger partial charge on any atom is 0.261 e. The van der Waals surface area contributed by atoms with Crippen molar-refractivity contribution in [2.45, 2.75) is 52.7 Å². The summed E-state index contributed by atoms with van der Waals surface area (Å²) < 4.78 is 5.83. The highest BCUT2D eigenvalue weighted by Gasteiger charge is 2.31. The van der Waals surface area contributed by atoms with Crippen LogP contribution in [0, 0.1) is 13.8 Å². The molecular weight excluding hydrogens is 460 g/mol. The molecule has 1 atom stereocenters. The number of hydrogen-bond donors (Lipinski definition) is 1. The number of rotatable bonds is 10. The van der Waals surface area contributed by atoms with Crippen LogP contribution in [0.25, 0.3) is 0 Å². The van der Waals surface area contributed by atoms with E-state index in [1.54, 1.807) is 23.1 Å². The lowest BCUT2D eigenvalue weighted by atomic mass is 10.0. The standard InChI is InChI=1S/C29H33ClN2O3/c1-20(2)31-29(34)27(17-23-11-6-5-7-12-23)32(18-24-13-9-8-10-21(24)3)28(33)19-35-25-14-15-26(30)22(4)16-25/h5-16,20,27H,17-19H2,1-4H3,(H,31,34)/t27-/m1/s1. The first-order valence-corrected chi connectivity index (χ1v) is 12.2. The predicted molar refractivity (Wildman–Crippen MR) is 141 cm³/mol. The van der Waals surface area contributed by atoms with Crippen LogP contribution in [0.15, 0.2) is 72.8 Å². The second-order valence-electron chi connectivity index (χ2n) is 9.02. The van der Waals surface area contributed by atoms with Crippen LogP contribution >= 0.6 is 11.6 Å². The van der Waals surface area contributed by atoms with Crippen molar-refractivity contribution in [1.82, 2.24) is 10.2 Å². The number of benzene rings is 3. The molecule has 0 fully saturated rings. The number of amides is 2. The van der Waals surface area contributed by atoms with E-state index < -0.39 is 6.04 Å². The molecule has 0 radical (unpaired) electrons. The minimum atomic E-state index is -0.692. The van der Waals surface area contributed by atoms with E-state index in [1.165, 1.54) is 0 Å². The van der Waals surface area contributed by atoms with Crippen molar-refractivity contribution in [3.8, 4) is 5.75 Å². The van der Waals surface area contributed by atoms with Crippen LogP contribution < -0.4 is 10.1 Å². The highest BCUT2D eigenvalue weighted by atomic mass is 35.5. The molecule has 0 aromatic heterocycles. The van der Waals surface area contributed by atoms with Crippen molar-refractivity contribution in [2.24, 2.45) is 0 Å². The molecule has 3 aromatic rings. The van der Waals surface area contributed by atoms with E-state index in [1.807, 2.05) is 82.3 Å². The van der Waals surface area contributed by atoms with Crippen LogP contribution in [0.2, 0.25) is 5.02 Å². The second kappa shape index (κ2) is 12.4. The number of ether oxygens (including phenoxy) is 1. The Bertz CT molecular complexity index is 1150. The number of nitrogens with zero attached hydrogens (tertiary/aromatic N) is 1. The summed E-state index contributed by atoms with van der Waals surface area (Å²) >= 11 is 6.12. The summed E-state index contributed by atoms with van der Waals surface area (Å²) in [6, 6.07) is 22.2. The van der Waals surface area contributed by atoms with Crippen molar-refractivity contribution in [2.75, 3.05) is 6.61 Å². The number of halogens is 1.